The number of rotatable bonds is 4. The molecule has 0 radical (unpaired) electrons. The number of nitrogens with one attached hydrogen (secondary N) is 1. The molecule has 0 amide bonds. The maximum absolute atomic E-state index is 13.3. The molecule has 21 heavy (non-hydrogen) atoms. The van der Waals surface area contributed by atoms with Crippen molar-refractivity contribution in [2.75, 3.05) is 11.9 Å². The van der Waals surface area contributed by atoms with E-state index in [1.807, 2.05) is 13.0 Å². The smallest absolute Gasteiger partial charge is 0.145 e. The Labute approximate surface area is 122 Å². The summed E-state index contributed by atoms with van der Waals surface area (Å²) >= 11 is 0. The molecular weight excluding hydrogens is 272 g/mol. The van der Waals surface area contributed by atoms with E-state index in [9.17, 15) is 8.78 Å². The van der Waals surface area contributed by atoms with E-state index < -0.39 is 0 Å². The standard InChI is InChI=1S/C17H17F2NO/c1-2-21-17-10-13(19)5-8-16(17)20-15-7-3-11-9-12(18)4-6-14(11)15/h4-6,8-10,15,20H,2-3,7H2,1H3. The number of hydrogen-bond acceptors (Lipinski definition) is 2. The highest BCUT2D eigenvalue weighted by molar-refractivity contribution is 5.58. The van der Waals surface area contributed by atoms with Crippen molar-refractivity contribution in [3.05, 3.63) is 59.2 Å². The molecular formula is C17H17F2NO. The second kappa shape index (κ2) is 5.72. The highest BCUT2D eigenvalue weighted by Gasteiger charge is 2.23. The molecule has 0 aliphatic heterocycles. The molecule has 1 unspecified atom stereocenters. The lowest BCUT2D eigenvalue weighted by Crippen LogP contribution is -2.09. The van der Waals surface area contributed by atoms with Crippen molar-refractivity contribution in [1.29, 1.82) is 0 Å². The molecule has 2 aromatic carbocycles. The number of anilines is 1. The summed E-state index contributed by atoms with van der Waals surface area (Å²) in [6.07, 6.45) is 1.73. The lowest BCUT2D eigenvalue weighted by Gasteiger charge is -2.18. The average Bonchev–Trinajstić information content (AvgIpc) is 2.84. The molecule has 1 N–H and O–H groups in total. The van der Waals surface area contributed by atoms with E-state index in [0.29, 0.717) is 12.4 Å². The molecule has 1 aliphatic rings. The Balaban J connectivity index is 1.86. The molecule has 0 spiro atoms. The Bertz CT molecular complexity index is 657. The first-order valence-corrected chi connectivity index (χ1v) is 7.14. The zero-order chi connectivity index (χ0) is 14.8. The second-order valence-corrected chi connectivity index (χ2v) is 5.15. The molecule has 4 heteroatoms. The van der Waals surface area contributed by atoms with Crippen LogP contribution in [0.25, 0.3) is 0 Å². The van der Waals surface area contributed by atoms with Crippen LogP contribution >= 0.6 is 0 Å². The Morgan fingerprint density at radius 1 is 1.14 bits per heavy atom. The highest BCUT2D eigenvalue weighted by Crippen LogP contribution is 2.36. The van der Waals surface area contributed by atoms with Gasteiger partial charge in [-0.2, -0.15) is 0 Å². The SMILES string of the molecule is CCOc1cc(F)ccc1NC1CCc2cc(F)ccc21. The minimum Gasteiger partial charge on any atom is -0.492 e. The van der Waals surface area contributed by atoms with Gasteiger partial charge in [0.2, 0.25) is 0 Å². The van der Waals surface area contributed by atoms with Gasteiger partial charge in [0, 0.05) is 6.07 Å². The van der Waals surface area contributed by atoms with Crippen molar-refractivity contribution in [3.8, 4) is 5.75 Å². The Hall–Kier alpha value is -2.10. The number of benzene rings is 2. The molecule has 0 heterocycles. The molecule has 110 valence electrons. The lowest BCUT2D eigenvalue weighted by molar-refractivity contribution is 0.339. The normalized spacial score (nSPS) is 16.6. The molecule has 0 bridgehead atoms. The predicted molar refractivity (Wildman–Crippen MR) is 78.7 cm³/mol. The maximum Gasteiger partial charge on any atom is 0.145 e. The predicted octanol–water partition coefficient (Wildman–Crippen LogP) is 4.46. The van der Waals surface area contributed by atoms with E-state index >= 15 is 0 Å². The quantitative estimate of drug-likeness (QED) is 0.897. The Morgan fingerprint density at radius 2 is 1.90 bits per heavy atom. The van der Waals surface area contributed by atoms with E-state index in [2.05, 4.69) is 5.32 Å². The van der Waals surface area contributed by atoms with Crippen LogP contribution in [0.1, 0.15) is 30.5 Å². The highest BCUT2D eigenvalue weighted by atomic mass is 19.1. The van der Waals surface area contributed by atoms with Crippen LogP contribution in [-0.4, -0.2) is 6.61 Å². The third-order valence-corrected chi connectivity index (χ3v) is 3.76. The number of hydrogen-bond donors (Lipinski definition) is 1. The van der Waals surface area contributed by atoms with Crippen molar-refractivity contribution in [3.63, 3.8) is 0 Å². The minimum absolute atomic E-state index is 0.102. The summed E-state index contributed by atoms with van der Waals surface area (Å²) in [5.74, 6) is -0.0165. The third-order valence-electron chi connectivity index (χ3n) is 3.76. The average molecular weight is 289 g/mol. The second-order valence-electron chi connectivity index (χ2n) is 5.15. The van der Waals surface area contributed by atoms with Gasteiger partial charge in [0.25, 0.3) is 0 Å². The van der Waals surface area contributed by atoms with Crippen LogP contribution in [0.2, 0.25) is 0 Å². The van der Waals surface area contributed by atoms with Crippen molar-refractivity contribution in [2.24, 2.45) is 0 Å². The largest absolute Gasteiger partial charge is 0.492 e. The number of ether oxygens (including phenoxy) is 1. The third kappa shape index (κ3) is 2.84. The topological polar surface area (TPSA) is 21.3 Å². The molecule has 1 atom stereocenters. The van der Waals surface area contributed by atoms with Crippen molar-refractivity contribution < 1.29 is 13.5 Å². The van der Waals surface area contributed by atoms with Crippen LogP contribution in [0.5, 0.6) is 5.75 Å². The summed E-state index contributed by atoms with van der Waals surface area (Å²) in [4.78, 5) is 0. The van der Waals surface area contributed by atoms with E-state index in [0.717, 1.165) is 29.7 Å². The van der Waals surface area contributed by atoms with Crippen LogP contribution in [-0.2, 0) is 6.42 Å². The van der Waals surface area contributed by atoms with Crippen LogP contribution in [0.4, 0.5) is 14.5 Å². The Morgan fingerprint density at radius 3 is 2.71 bits per heavy atom. The van der Waals surface area contributed by atoms with Gasteiger partial charge in [0.1, 0.15) is 17.4 Å². The number of fused-ring (bicyclic) bond motifs is 1. The Kier molecular flexibility index (Phi) is 3.78. The summed E-state index contributed by atoms with van der Waals surface area (Å²) in [5, 5.41) is 3.38. The summed E-state index contributed by atoms with van der Waals surface area (Å²) in [7, 11) is 0. The van der Waals surface area contributed by atoms with Crippen molar-refractivity contribution >= 4 is 5.69 Å². The zero-order valence-electron chi connectivity index (χ0n) is 11.8. The number of halogens is 2. The van der Waals surface area contributed by atoms with Gasteiger partial charge in [-0.1, -0.05) is 6.07 Å². The minimum atomic E-state index is -0.321. The first-order chi connectivity index (χ1) is 10.2. The van der Waals surface area contributed by atoms with Gasteiger partial charge in [0.15, 0.2) is 0 Å². The summed E-state index contributed by atoms with van der Waals surface area (Å²) in [6.45, 7) is 2.34. The maximum atomic E-state index is 13.3. The fourth-order valence-corrected chi connectivity index (χ4v) is 2.81. The molecule has 3 rings (SSSR count). The fraction of sp³-hybridized carbons (Fsp3) is 0.294. The summed E-state index contributed by atoms with van der Waals surface area (Å²) in [5.41, 5.74) is 2.90. The van der Waals surface area contributed by atoms with Crippen molar-refractivity contribution in [1.82, 2.24) is 0 Å². The molecule has 0 saturated carbocycles. The van der Waals surface area contributed by atoms with Crippen LogP contribution in [0.3, 0.4) is 0 Å². The van der Waals surface area contributed by atoms with Crippen LogP contribution in [0, 0.1) is 11.6 Å². The van der Waals surface area contributed by atoms with Gasteiger partial charge >= 0.3 is 0 Å². The molecule has 0 fully saturated rings. The molecule has 2 aromatic rings. The fourth-order valence-electron chi connectivity index (χ4n) is 2.81. The van der Waals surface area contributed by atoms with E-state index in [4.69, 9.17) is 4.74 Å². The molecule has 0 aromatic heterocycles. The molecule has 0 saturated heterocycles. The van der Waals surface area contributed by atoms with Gasteiger partial charge in [0.05, 0.1) is 18.3 Å². The van der Waals surface area contributed by atoms with Gasteiger partial charge in [-0.3, -0.25) is 0 Å². The van der Waals surface area contributed by atoms with E-state index in [1.54, 1.807) is 12.1 Å². The van der Waals surface area contributed by atoms with Gasteiger partial charge < -0.3 is 10.1 Å². The van der Waals surface area contributed by atoms with Gasteiger partial charge in [-0.15, -0.1) is 0 Å². The monoisotopic (exact) mass is 289 g/mol. The van der Waals surface area contributed by atoms with Gasteiger partial charge in [-0.25, -0.2) is 8.78 Å². The van der Waals surface area contributed by atoms with E-state index in [1.165, 1.54) is 18.2 Å². The van der Waals surface area contributed by atoms with Gasteiger partial charge in [-0.05, 0) is 55.2 Å². The van der Waals surface area contributed by atoms with E-state index in [-0.39, 0.29) is 17.7 Å². The van der Waals surface area contributed by atoms with Crippen LogP contribution in [0.15, 0.2) is 36.4 Å². The molecule has 1 aliphatic carbocycles. The summed E-state index contributed by atoms with van der Waals surface area (Å²) in [6, 6.07) is 9.46. The number of aryl methyl sites for hydroxylation is 1. The van der Waals surface area contributed by atoms with Crippen molar-refractivity contribution in [2.45, 2.75) is 25.8 Å². The van der Waals surface area contributed by atoms with Crippen LogP contribution < -0.4 is 10.1 Å². The molecule has 2 nitrogen and oxygen atoms in total. The summed E-state index contributed by atoms with van der Waals surface area (Å²) < 4.78 is 32.0. The lowest BCUT2D eigenvalue weighted by atomic mass is 10.1. The first kappa shape index (κ1) is 13.9. The zero-order valence-corrected chi connectivity index (χ0v) is 11.8. The first-order valence-electron chi connectivity index (χ1n) is 7.14.